The molecular weight excluding hydrogens is 266 g/mol. The van der Waals surface area contributed by atoms with Crippen molar-refractivity contribution >= 4 is 6.21 Å². The van der Waals surface area contributed by atoms with Gasteiger partial charge in [-0.15, -0.1) is 0 Å². The van der Waals surface area contributed by atoms with Gasteiger partial charge in [-0.2, -0.15) is 0 Å². The highest BCUT2D eigenvalue weighted by Crippen LogP contribution is 2.24. The highest BCUT2D eigenvalue weighted by Gasteiger charge is 2.23. The van der Waals surface area contributed by atoms with Gasteiger partial charge in [0.25, 0.3) is 0 Å². The highest BCUT2D eigenvalue weighted by molar-refractivity contribution is 5.64. The molecule has 0 aliphatic carbocycles. The lowest BCUT2D eigenvalue weighted by atomic mass is 10.1. The number of benzene rings is 1. The number of hydrogen-bond donors (Lipinski definition) is 1. The summed E-state index contributed by atoms with van der Waals surface area (Å²) in [7, 11) is 1.93. The van der Waals surface area contributed by atoms with Crippen LogP contribution in [0.25, 0.3) is 0 Å². The standard InChI is InChI=1S/C16H23N3O2/c1-3-7-15(14-8-5-4-6-9-14)21-13-19-11-10-18(2)16(19)12-17-20/h4-6,8-12,15-16,20H,3,7,13H2,1-2H3/b17-12-. The molecule has 0 aromatic heterocycles. The van der Waals surface area contributed by atoms with E-state index in [2.05, 4.69) is 24.2 Å². The molecule has 0 amide bonds. The Morgan fingerprint density at radius 1 is 1.33 bits per heavy atom. The number of nitrogens with zero attached hydrogens (tertiary/aromatic N) is 3. The van der Waals surface area contributed by atoms with Crippen molar-refractivity contribution in [3.63, 3.8) is 0 Å². The van der Waals surface area contributed by atoms with Crippen molar-refractivity contribution in [2.24, 2.45) is 5.16 Å². The number of ether oxygens (including phenoxy) is 1. The second-order valence-electron chi connectivity index (χ2n) is 5.14. The van der Waals surface area contributed by atoms with E-state index in [0.29, 0.717) is 6.73 Å². The minimum absolute atomic E-state index is 0.0854. The molecule has 0 saturated heterocycles. The van der Waals surface area contributed by atoms with E-state index >= 15 is 0 Å². The van der Waals surface area contributed by atoms with Gasteiger partial charge in [0.2, 0.25) is 0 Å². The van der Waals surface area contributed by atoms with E-state index in [1.54, 1.807) is 0 Å². The second kappa shape index (κ2) is 7.69. The maximum Gasteiger partial charge on any atom is 0.142 e. The van der Waals surface area contributed by atoms with Crippen molar-refractivity contribution in [2.75, 3.05) is 13.8 Å². The Balaban J connectivity index is 1.97. The maximum atomic E-state index is 8.75. The van der Waals surface area contributed by atoms with Gasteiger partial charge < -0.3 is 19.7 Å². The van der Waals surface area contributed by atoms with Crippen molar-refractivity contribution in [2.45, 2.75) is 32.0 Å². The van der Waals surface area contributed by atoms with Crippen LogP contribution >= 0.6 is 0 Å². The van der Waals surface area contributed by atoms with Crippen LogP contribution in [0.1, 0.15) is 31.4 Å². The fourth-order valence-corrected chi connectivity index (χ4v) is 2.42. The van der Waals surface area contributed by atoms with E-state index < -0.39 is 0 Å². The van der Waals surface area contributed by atoms with Gasteiger partial charge in [-0.25, -0.2) is 0 Å². The summed E-state index contributed by atoms with van der Waals surface area (Å²) in [6, 6.07) is 10.3. The van der Waals surface area contributed by atoms with Crippen molar-refractivity contribution in [3.05, 3.63) is 48.3 Å². The summed E-state index contributed by atoms with van der Waals surface area (Å²) in [6.07, 6.45) is 7.40. The smallest absolute Gasteiger partial charge is 0.142 e. The van der Waals surface area contributed by atoms with Crippen LogP contribution in [-0.4, -0.2) is 41.2 Å². The molecule has 114 valence electrons. The van der Waals surface area contributed by atoms with Crippen LogP contribution in [0, 0.1) is 0 Å². The first kappa shape index (κ1) is 15.4. The van der Waals surface area contributed by atoms with Gasteiger partial charge in [-0.3, -0.25) is 0 Å². The molecule has 1 heterocycles. The monoisotopic (exact) mass is 289 g/mol. The molecule has 0 saturated carbocycles. The molecule has 2 rings (SSSR count). The summed E-state index contributed by atoms with van der Waals surface area (Å²) in [6.45, 7) is 2.61. The van der Waals surface area contributed by atoms with Gasteiger partial charge >= 0.3 is 0 Å². The first-order valence-electron chi connectivity index (χ1n) is 7.26. The largest absolute Gasteiger partial charge is 0.411 e. The Bertz CT molecular complexity index is 476. The highest BCUT2D eigenvalue weighted by atomic mass is 16.5. The van der Waals surface area contributed by atoms with Crippen LogP contribution in [0.4, 0.5) is 0 Å². The minimum atomic E-state index is -0.104. The molecule has 1 aliphatic rings. The predicted molar refractivity (Wildman–Crippen MR) is 82.9 cm³/mol. The van der Waals surface area contributed by atoms with E-state index in [9.17, 15) is 0 Å². The molecule has 0 spiro atoms. The molecular formula is C16H23N3O2. The van der Waals surface area contributed by atoms with Gasteiger partial charge in [0.05, 0.1) is 12.3 Å². The SMILES string of the molecule is CCCC(OCN1C=CN(C)C1/C=N\O)c1ccccc1. The van der Waals surface area contributed by atoms with Gasteiger partial charge in [0.15, 0.2) is 0 Å². The molecule has 1 aliphatic heterocycles. The van der Waals surface area contributed by atoms with E-state index in [1.165, 1.54) is 11.8 Å². The van der Waals surface area contributed by atoms with E-state index in [0.717, 1.165) is 12.8 Å². The summed E-state index contributed by atoms with van der Waals surface area (Å²) in [5, 5.41) is 11.9. The lowest BCUT2D eigenvalue weighted by Gasteiger charge is -2.28. The molecule has 1 aromatic rings. The Hall–Kier alpha value is -2.01. The Kier molecular flexibility index (Phi) is 5.63. The Morgan fingerprint density at radius 2 is 2.10 bits per heavy atom. The summed E-state index contributed by atoms with van der Waals surface area (Å²) in [4.78, 5) is 3.95. The fraction of sp³-hybridized carbons (Fsp3) is 0.438. The molecule has 1 aromatic carbocycles. The maximum absolute atomic E-state index is 8.75. The summed E-state index contributed by atoms with van der Waals surface area (Å²) >= 11 is 0. The van der Waals surface area contributed by atoms with Crippen LogP contribution in [0.15, 0.2) is 47.9 Å². The predicted octanol–water partition coefficient (Wildman–Crippen LogP) is 3.01. The molecule has 21 heavy (non-hydrogen) atoms. The molecule has 2 atom stereocenters. The van der Waals surface area contributed by atoms with Crippen LogP contribution in [0.3, 0.4) is 0 Å². The number of hydrogen-bond acceptors (Lipinski definition) is 5. The average molecular weight is 289 g/mol. The van der Waals surface area contributed by atoms with Crippen LogP contribution in [0.2, 0.25) is 0 Å². The van der Waals surface area contributed by atoms with Gasteiger partial charge in [0, 0.05) is 19.4 Å². The lowest BCUT2D eigenvalue weighted by molar-refractivity contribution is -0.0224. The minimum Gasteiger partial charge on any atom is -0.411 e. The molecule has 1 N–H and O–H groups in total. The summed E-state index contributed by atoms with van der Waals surface area (Å²) in [5.74, 6) is 0. The van der Waals surface area contributed by atoms with E-state index in [-0.39, 0.29) is 12.3 Å². The van der Waals surface area contributed by atoms with Crippen molar-refractivity contribution in [1.29, 1.82) is 0 Å². The molecule has 0 bridgehead atoms. The number of oxime groups is 1. The Labute approximate surface area is 126 Å². The zero-order chi connectivity index (χ0) is 15.1. The molecule has 5 heteroatoms. The molecule has 0 radical (unpaired) electrons. The third kappa shape index (κ3) is 3.98. The zero-order valence-corrected chi connectivity index (χ0v) is 12.6. The zero-order valence-electron chi connectivity index (χ0n) is 12.6. The van der Waals surface area contributed by atoms with Gasteiger partial charge in [0.1, 0.15) is 12.9 Å². The van der Waals surface area contributed by atoms with Gasteiger partial charge in [-0.1, -0.05) is 48.8 Å². The lowest BCUT2D eigenvalue weighted by Crippen LogP contribution is -2.39. The fourth-order valence-electron chi connectivity index (χ4n) is 2.42. The normalized spacial score (nSPS) is 19.6. The van der Waals surface area contributed by atoms with Crippen molar-refractivity contribution < 1.29 is 9.94 Å². The molecule has 2 unspecified atom stereocenters. The quantitative estimate of drug-likeness (QED) is 0.476. The Morgan fingerprint density at radius 3 is 2.76 bits per heavy atom. The third-order valence-corrected chi connectivity index (χ3v) is 3.60. The second-order valence-corrected chi connectivity index (χ2v) is 5.14. The van der Waals surface area contributed by atoms with E-state index in [4.69, 9.17) is 9.94 Å². The van der Waals surface area contributed by atoms with Crippen LogP contribution in [-0.2, 0) is 4.74 Å². The van der Waals surface area contributed by atoms with E-state index in [1.807, 2.05) is 47.4 Å². The van der Waals surface area contributed by atoms with Crippen molar-refractivity contribution in [3.8, 4) is 0 Å². The average Bonchev–Trinajstić information content (AvgIpc) is 2.86. The first-order valence-corrected chi connectivity index (χ1v) is 7.26. The molecule has 5 nitrogen and oxygen atoms in total. The van der Waals surface area contributed by atoms with Crippen LogP contribution in [0.5, 0.6) is 0 Å². The number of rotatable bonds is 7. The van der Waals surface area contributed by atoms with Crippen molar-refractivity contribution in [1.82, 2.24) is 9.80 Å². The topological polar surface area (TPSA) is 48.3 Å². The molecule has 0 fully saturated rings. The summed E-state index contributed by atoms with van der Waals surface area (Å²) < 4.78 is 6.08. The summed E-state index contributed by atoms with van der Waals surface area (Å²) in [5.41, 5.74) is 1.20. The third-order valence-electron chi connectivity index (χ3n) is 3.60. The first-order chi connectivity index (χ1) is 10.3. The van der Waals surface area contributed by atoms with Gasteiger partial charge in [-0.05, 0) is 12.0 Å². The van der Waals surface area contributed by atoms with Crippen LogP contribution < -0.4 is 0 Å².